The lowest BCUT2D eigenvalue weighted by Crippen LogP contribution is -2.21. The highest BCUT2D eigenvalue weighted by atomic mass is 32.1. The third-order valence-electron chi connectivity index (χ3n) is 3.37. The predicted molar refractivity (Wildman–Crippen MR) is 78.2 cm³/mol. The van der Waals surface area contributed by atoms with E-state index >= 15 is 0 Å². The lowest BCUT2D eigenvalue weighted by Gasteiger charge is -2.11. The van der Waals surface area contributed by atoms with Crippen molar-refractivity contribution in [1.82, 2.24) is 14.9 Å². The van der Waals surface area contributed by atoms with E-state index in [1.165, 1.54) is 5.56 Å². The third kappa shape index (κ3) is 2.04. The predicted octanol–water partition coefficient (Wildman–Crippen LogP) is 2.91. The smallest absolute Gasteiger partial charge is 0.0991 e. The Morgan fingerprint density at radius 2 is 2.39 bits per heavy atom. The largest absolute Gasteiger partial charge is 0.377 e. The summed E-state index contributed by atoms with van der Waals surface area (Å²) in [5.41, 5.74) is 2.41. The molecule has 1 aliphatic heterocycles. The van der Waals surface area contributed by atoms with Crippen LogP contribution in [0.3, 0.4) is 0 Å². The van der Waals surface area contributed by atoms with Crippen molar-refractivity contribution in [2.75, 3.05) is 0 Å². The molecule has 0 spiro atoms. The molecule has 4 heteroatoms. The summed E-state index contributed by atoms with van der Waals surface area (Å²) >= 11 is 5.41. The number of nitrogens with zero attached hydrogens (tertiary/aromatic N) is 2. The van der Waals surface area contributed by atoms with Crippen LogP contribution in [-0.2, 0) is 0 Å². The van der Waals surface area contributed by atoms with Gasteiger partial charge in [-0.3, -0.25) is 0 Å². The molecule has 1 aliphatic rings. The number of imidazole rings is 1. The first-order valence-corrected chi connectivity index (χ1v) is 6.53. The zero-order chi connectivity index (χ0) is 12.5. The van der Waals surface area contributed by atoms with Crippen molar-refractivity contribution >= 4 is 17.2 Å². The second-order valence-electron chi connectivity index (χ2n) is 4.76. The van der Waals surface area contributed by atoms with E-state index in [0.29, 0.717) is 12.0 Å². The molecule has 0 aliphatic carbocycles. The Bertz CT molecular complexity index is 568. The van der Waals surface area contributed by atoms with Crippen molar-refractivity contribution in [3.63, 3.8) is 0 Å². The number of hydrogen-bond acceptors (Lipinski definition) is 2. The number of nitrogens with one attached hydrogen (secondary N) is 1. The summed E-state index contributed by atoms with van der Waals surface area (Å²) < 4.78 is 2.01. The van der Waals surface area contributed by atoms with Crippen LogP contribution in [0.4, 0.5) is 0 Å². The van der Waals surface area contributed by atoms with Crippen LogP contribution in [0.5, 0.6) is 0 Å². The molecule has 0 amide bonds. The van der Waals surface area contributed by atoms with Crippen LogP contribution in [0.2, 0.25) is 0 Å². The Balaban J connectivity index is 0.00000133. The van der Waals surface area contributed by atoms with E-state index in [0.717, 1.165) is 17.1 Å². The Kier molecular flexibility index (Phi) is 2.88. The first-order chi connectivity index (χ1) is 8.74. The fourth-order valence-electron chi connectivity index (χ4n) is 2.46. The lowest BCUT2D eigenvalue weighted by atomic mass is 9.96. The molecule has 0 bridgehead atoms. The minimum Gasteiger partial charge on any atom is -0.377 e. The second-order valence-corrected chi connectivity index (χ2v) is 5.20. The average molecular weight is 259 g/mol. The number of benzene rings is 1. The van der Waals surface area contributed by atoms with Crippen molar-refractivity contribution in [2.45, 2.75) is 25.3 Å². The Morgan fingerprint density at radius 1 is 1.50 bits per heavy atom. The number of thiocarbonyl (C=S) groups is 1. The summed E-state index contributed by atoms with van der Waals surface area (Å²) in [5, 5.41) is 3.33. The van der Waals surface area contributed by atoms with E-state index in [1.807, 2.05) is 17.1 Å². The molecule has 94 valence electrons. The van der Waals surface area contributed by atoms with Crippen LogP contribution in [0.25, 0.3) is 5.69 Å². The van der Waals surface area contributed by atoms with E-state index in [2.05, 4.69) is 41.5 Å². The van der Waals surface area contributed by atoms with Crippen LogP contribution < -0.4 is 5.32 Å². The highest BCUT2D eigenvalue weighted by Crippen LogP contribution is 2.28. The fourth-order valence-corrected chi connectivity index (χ4v) is 2.90. The van der Waals surface area contributed by atoms with Gasteiger partial charge in [-0.2, -0.15) is 0 Å². The highest BCUT2D eigenvalue weighted by molar-refractivity contribution is 7.80. The van der Waals surface area contributed by atoms with Gasteiger partial charge in [-0.1, -0.05) is 24.4 Å². The van der Waals surface area contributed by atoms with Gasteiger partial charge in [0, 0.05) is 31.5 Å². The number of rotatable bonds is 2. The van der Waals surface area contributed by atoms with Crippen molar-refractivity contribution < 1.29 is 1.43 Å². The molecule has 0 saturated carbocycles. The summed E-state index contributed by atoms with van der Waals surface area (Å²) in [6, 6.07) is 8.98. The normalized spacial score (nSPS) is 23.1. The van der Waals surface area contributed by atoms with E-state index < -0.39 is 0 Å². The highest BCUT2D eigenvalue weighted by Gasteiger charge is 2.27. The second kappa shape index (κ2) is 4.53. The molecule has 18 heavy (non-hydrogen) atoms. The van der Waals surface area contributed by atoms with Gasteiger partial charge in [0.1, 0.15) is 0 Å². The average Bonchev–Trinajstić information content (AvgIpc) is 2.99. The Labute approximate surface area is 113 Å². The zero-order valence-corrected chi connectivity index (χ0v) is 11.0. The Morgan fingerprint density at radius 3 is 3.06 bits per heavy atom. The van der Waals surface area contributed by atoms with Crippen LogP contribution in [0.1, 0.15) is 26.3 Å². The number of aromatic nitrogens is 2. The van der Waals surface area contributed by atoms with Gasteiger partial charge in [0.15, 0.2) is 0 Å². The SMILES string of the molecule is CC1CC(c2cccc(-n3ccnc3)c2)C(=S)N1.[HH]. The third-order valence-corrected chi connectivity index (χ3v) is 3.77. The lowest BCUT2D eigenvalue weighted by molar-refractivity contribution is 0.664. The van der Waals surface area contributed by atoms with E-state index in [1.54, 1.807) is 6.20 Å². The van der Waals surface area contributed by atoms with Gasteiger partial charge in [-0.25, -0.2) is 4.98 Å². The molecule has 3 rings (SSSR count). The van der Waals surface area contributed by atoms with Gasteiger partial charge in [-0.15, -0.1) is 0 Å². The zero-order valence-electron chi connectivity index (χ0n) is 10.2. The molecule has 3 nitrogen and oxygen atoms in total. The van der Waals surface area contributed by atoms with Gasteiger partial charge >= 0.3 is 0 Å². The summed E-state index contributed by atoms with van der Waals surface area (Å²) in [7, 11) is 0. The molecule has 2 atom stereocenters. The van der Waals surface area contributed by atoms with E-state index in [9.17, 15) is 0 Å². The van der Waals surface area contributed by atoms with Crippen molar-refractivity contribution in [2.24, 2.45) is 0 Å². The molecule has 2 aromatic rings. The molecular weight excluding hydrogens is 242 g/mol. The Hall–Kier alpha value is -1.68. The van der Waals surface area contributed by atoms with Crippen LogP contribution >= 0.6 is 12.2 Å². The first-order valence-electron chi connectivity index (χ1n) is 6.13. The van der Waals surface area contributed by atoms with Crippen LogP contribution in [0.15, 0.2) is 43.0 Å². The van der Waals surface area contributed by atoms with Gasteiger partial charge in [0.25, 0.3) is 0 Å². The summed E-state index contributed by atoms with van der Waals surface area (Å²) in [5.74, 6) is 0.346. The molecule has 2 unspecified atom stereocenters. The van der Waals surface area contributed by atoms with Crippen LogP contribution in [0, 0.1) is 0 Å². The molecule has 0 radical (unpaired) electrons. The van der Waals surface area contributed by atoms with Gasteiger partial charge in [0.2, 0.25) is 0 Å². The molecule has 1 aromatic heterocycles. The number of hydrogen-bond donors (Lipinski definition) is 1. The molecule has 1 fully saturated rings. The first kappa shape index (κ1) is 11.4. The van der Waals surface area contributed by atoms with Gasteiger partial charge < -0.3 is 9.88 Å². The summed E-state index contributed by atoms with van der Waals surface area (Å²) in [6.45, 7) is 2.17. The minimum absolute atomic E-state index is 0. The van der Waals surface area contributed by atoms with Crippen LogP contribution in [-0.4, -0.2) is 20.6 Å². The molecular formula is C14H17N3S. The standard InChI is InChI=1S/C14H15N3S.H2/c1-10-7-13(14(18)16-10)11-3-2-4-12(8-11)17-6-5-15-9-17;/h2-6,8-10,13H,7H2,1H3,(H,16,18);1H. The van der Waals surface area contributed by atoms with Crippen molar-refractivity contribution in [3.05, 3.63) is 48.5 Å². The minimum atomic E-state index is 0. The van der Waals surface area contributed by atoms with Gasteiger partial charge in [0.05, 0.1) is 11.3 Å². The molecule has 2 heterocycles. The fraction of sp³-hybridized carbons (Fsp3) is 0.286. The van der Waals surface area contributed by atoms with Gasteiger partial charge in [-0.05, 0) is 31.0 Å². The quantitative estimate of drug-likeness (QED) is 0.841. The maximum atomic E-state index is 5.41. The maximum absolute atomic E-state index is 5.41. The summed E-state index contributed by atoms with van der Waals surface area (Å²) in [6.07, 6.45) is 6.63. The maximum Gasteiger partial charge on any atom is 0.0991 e. The monoisotopic (exact) mass is 259 g/mol. The van der Waals surface area contributed by atoms with E-state index in [-0.39, 0.29) is 1.43 Å². The molecule has 1 saturated heterocycles. The van der Waals surface area contributed by atoms with Crippen molar-refractivity contribution in [1.29, 1.82) is 0 Å². The van der Waals surface area contributed by atoms with Crippen molar-refractivity contribution in [3.8, 4) is 5.69 Å². The van der Waals surface area contributed by atoms with E-state index in [4.69, 9.17) is 12.2 Å². The topological polar surface area (TPSA) is 29.9 Å². The molecule has 1 N–H and O–H groups in total. The summed E-state index contributed by atoms with van der Waals surface area (Å²) in [4.78, 5) is 5.04. The molecule has 1 aromatic carbocycles.